The Morgan fingerprint density at radius 1 is 1.50 bits per heavy atom. The Morgan fingerprint density at radius 2 is 2.17 bits per heavy atom. The minimum Gasteiger partial charge on any atom is -0.326 e. The molecule has 1 aliphatic rings. The summed E-state index contributed by atoms with van der Waals surface area (Å²) in [6.07, 6.45) is 3.07. The second-order valence-electron chi connectivity index (χ2n) is 5.83. The first-order valence-electron chi connectivity index (χ1n) is 7.72. The van der Waals surface area contributed by atoms with Gasteiger partial charge in [0.1, 0.15) is 5.82 Å². The van der Waals surface area contributed by atoms with Crippen molar-refractivity contribution in [3.05, 3.63) is 18.3 Å². The van der Waals surface area contributed by atoms with E-state index in [0.29, 0.717) is 13.1 Å². The fourth-order valence-electron chi connectivity index (χ4n) is 2.46. The van der Waals surface area contributed by atoms with Crippen LogP contribution in [0.3, 0.4) is 0 Å². The minimum atomic E-state index is -3.55. The van der Waals surface area contributed by atoms with Gasteiger partial charge in [-0.1, -0.05) is 0 Å². The van der Waals surface area contributed by atoms with Crippen molar-refractivity contribution in [3.8, 4) is 6.07 Å². The number of carbonyl (C=O) groups excluding carboxylic acids is 1. The van der Waals surface area contributed by atoms with E-state index >= 15 is 0 Å². The molecule has 1 unspecified atom stereocenters. The van der Waals surface area contributed by atoms with E-state index < -0.39 is 16.1 Å². The van der Waals surface area contributed by atoms with Crippen LogP contribution in [-0.4, -0.2) is 55.3 Å². The summed E-state index contributed by atoms with van der Waals surface area (Å²) in [6.45, 7) is 3.02. The molecule has 130 valence electrons. The molecule has 0 radical (unpaired) electrons. The predicted octanol–water partition coefficient (Wildman–Crippen LogP) is 1.49. The molecule has 1 atom stereocenters. The Kier molecular flexibility index (Phi) is 5.75. The van der Waals surface area contributed by atoms with Crippen molar-refractivity contribution in [2.24, 2.45) is 5.92 Å². The van der Waals surface area contributed by atoms with Gasteiger partial charge in [-0.2, -0.15) is 9.57 Å². The lowest BCUT2D eigenvalue weighted by molar-refractivity contribution is 0.219. The highest BCUT2D eigenvalue weighted by atomic mass is 32.2. The molecule has 24 heavy (non-hydrogen) atoms. The van der Waals surface area contributed by atoms with Gasteiger partial charge in [-0.15, -0.1) is 0 Å². The van der Waals surface area contributed by atoms with Gasteiger partial charge in [-0.3, -0.25) is 5.32 Å². The lowest BCUT2D eigenvalue weighted by Crippen LogP contribution is -2.34. The zero-order valence-electron chi connectivity index (χ0n) is 13.8. The number of carbonyl (C=O) groups is 1. The SMILES string of the molecule is CC(C#N)CN(C)C(=O)Nc1cc(S(=O)(=O)N2CCCC2)ccn1. The van der Waals surface area contributed by atoms with Crippen LogP contribution < -0.4 is 5.32 Å². The van der Waals surface area contributed by atoms with E-state index in [0.717, 1.165) is 12.8 Å². The lowest BCUT2D eigenvalue weighted by Gasteiger charge is -2.19. The van der Waals surface area contributed by atoms with Gasteiger partial charge >= 0.3 is 6.03 Å². The molecule has 1 aliphatic heterocycles. The molecule has 1 saturated heterocycles. The predicted molar refractivity (Wildman–Crippen MR) is 88.7 cm³/mol. The molecule has 1 N–H and O–H groups in total. The third-order valence-electron chi connectivity index (χ3n) is 3.78. The summed E-state index contributed by atoms with van der Waals surface area (Å²) in [4.78, 5) is 17.6. The summed E-state index contributed by atoms with van der Waals surface area (Å²) < 4.78 is 26.5. The van der Waals surface area contributed by atoms with Crippen molar-refractivity contribution < 1.29 is 13.2 Å². The third-order valence-corrected chi connectivity index (χ3v) is 5.68. The van der Waals surface area contributed by atoms with Crippen LogP contribution in [0.5, 0.6) is 0 Å². The molecule has 1 aromatic rings. The first kappa shape index (κ1) is 18.2. The van der Waals surface area contributed by atoms with E-state index in [1.165, 1.54) is 27.5 Å². The summed E-state index contributed by atoms with van der Waals surface area (Å²) in [6, 6.07) is 4.38. The standard InChI is InChI=1S/C15H21N5O3S/c1-12(10-16)11-19(2)15(21)18-14-9-13(5-6-17-14)24(22,23)20-7-3-4-8-20/h5-6,9,12H,3-4,7-8,11H2,1-2H3,(H,17,18,21). The summed E-state index contributed by atoms with van der Waals surface area (Å²) in [5.41, 5.74) is 0. The molecule has 9 heteroatoms. The maximum atomic E-state index is 12.5. The quantitative estimate of drug-likeness (QED) is 0.865. The topological polar surface area (TPSA) is 106 Å². The number of anilines is 1. The van der Waals surface area contributed by atoms with Crippen LogP contribution >= 0.6 is 0 Å². The van der Waals surface area contributed by atoms with Crippen molar-refractivity contribution >= 4 is 21.9 Å². The number of aromatic nitrogens is 1. The zero-order chi connectivity index (χ0) is 17.7. The second kappa shape index (κ2) is 7.59. The van der Waals surface area contributed by atoms with E-state index in [9.17, 15) is 13.2 Å². The smallest absolute Gasteiger partial charge is 0.322 e. The minimum absolute atomic E-state index is 0.114. The molecule has 2 amide bonds. The molecule has 2 rings (SSSR count). The first-order valence-corrected chi connectivity index (χ1v) is 9.16. The number of amides is 2. The molecular formula is C15H21N5O3S. The lowest BCUT2D eigenvalue weighted by atomic mass is 10.2. The average molecular weight is 351 g/mol. The van der Waals surface area contributed by atoms with E-state index in [4.69, 9.17) is 5.26 Å². The van der Waals surface area contributed by atoms with Gasteiger partial charge < -0.3 is 4.90 Å². The van der Waals surface area contributed by atoms with Gasteiger partial charge in [0, 0.05) is 38.9 Å². The third kappa shape index (κ3) is 4.21. The number of sulfonamides is 1. The van der Waals surface area contributed by atoms with Crippen molar-refractivity contribution in [1.82, 2.24) is 14.2 Å². The van der Waals surface area contributed by atoms with Crippen molar-refractivity contribution in [1.29, 1.82) is 5.26 Å². The molecule has 8 nitrogen and oxygen atoms in total. The highest BCUT2D eigenvalue weighted by Gasteiger charge is 2.27. The van der Waals surface area contributed by atoms with Crippen molar-refractivity contribution in [2.75, 3.05) is 32.0 Å². The van der Waals surface area contributed by atoms with E-state index in [1.807, 2.05) is 0 Å². The Morgan fingerprint density at radius 3 is 2.79 bits per heavy atom. The van der Waals surface area contributed by atoms with Crippen molar-refractivity contribution in [2.45, 2.75) is 24.7 Å². The average Bonchev–Trinajstić information content (AvgIpc) is 3.10. The van der Waals surface area contributed by atoms with Crippen LogP contribution in [-0.2, 0) is 10.0 Å². The monoisotopic (exact) mass is 351 g/mol. The number of nitrogens with one attached hydrogen (secondary N) is 1. The zero-order valence-corrected chi connectivity index (χ0v) is 14.6. The fourth-order valence-corrected chi connectivity index (χ4v) is 3.99. The summed E-state index contributed by atoms with van der Waals surface area (Å²) in [5.74, 6) is -0.132. The van der Waals surface area contributed by atoms with Gasteiger partial charge in [-0.05, 0) is 25.8 Å². The van der Waals surface area contributed by atoms with Crippen LogP contribution in [0.4, 0.5) is 10.6 Å². The molecule has 2 heterocycles. The normalized spacial score (nSPS) is 16.4. The Bertz CT molecular complexity index is 738. The maximum Gasteiger partial charge on any atom is 0.322 e. The highest BCUT2D eigenvalue weighted by molar-refractivity contribution is 7.89. The molecule has 0 aliphatic carbocycles. The van der Waals surface area contributed by atoms with Crippen LogP contribution in [0.15, 0.2) is 23.2 Å². The van der Waals surface area contributed by atoms with Gasteiger partial charge in [0.25, 0.3) is 0 Å². The van der Waals surface area contributed by atoms with Crippen LogP contribution in [0.2, 0.25) is 0 Å². The van der Waals surface area contributed by atoms with Crippen molar-refractivity contribution in [3.63, 3.8) is 0 Å². The Labute approximate surface area is 142 Å². The van der Waals surface area contributed by atoms with Gasteiger partial charge in [0.15, 0.2) is 0 Å². The summed E-state index contributed by atoms with van der Waals surface area (Å²) >= 11 is 0. The van der Waals surface area contributed by atoms with E-state index in [2.05, 4.69) is 16.4 Å². The van der Waals surface area contributed by atoms with Crippen LogP contribution in [0.1, 0.15) is 19.8 Å². The Hall–Kier alpha value is -2.18. The molecular weight excluding hydrogens is 330 g/mol. The number of hydrogen-bond acceptors (Lipinski definition) is 5. The molecule has 1 aromatic heterocycles. The number of nitrogens with zero attached hydrogens (tertiary/aromatic N) is 4. The van der Waals surface area contributed by atoms with Gasteiger partial charge in [0.05, 0.1) is 16.9 Å². The van der Waals surface area contributed by atoms with Gasteiger partial charge in [-0.25, -0.2) is 18.2 Å². The maximum absolute atomic E-state index is 12.5. The Balaban J connectivity index is 2.10. The van der Waals surface area contributed by atoms with Crippen LogP contribution in [0, 0.1) is 17.2 Å². The molecule has 0 aromatic carbocycles. The van der Waals surface area contributed by atoms with Gasteiger partial charge in [0.2, 0.25) is 10.0 Å². The number of pyridine rings is 1. The molecule has 1 fully saturated rings. The van der Waals surface area contributed by atoms with Crippen LogP contribution in [0.25, 0.3) is 0 Å². The summed E-state index contributed by atoms with van der Waals surface area (Å²) in [5, 5.41) is 11.4. The number of hydrogen-bond donors (Lipinski definition) is 1. The molecule has 0 bridgehead atoms. The largest absolute Gasteiger partial charge is 0.326 e. The first-order chi connectivity index (χ1) is 11.3. The van der Waals surface area contributed by atoms with E-state index in [1.54, 1.807) is 14.0 Å². The van der Waals surface area contributed by atoms with E-state index in [-0.39, 0.29) is 23.2 Å². The summed E-state index contributed by atoms with van der Waals surface area (Å²) in [7, 11) is -1.99. The number of nitriles is 1. The molecule has 0 saturated carbocycles. The molecule has 0 spiro atoms. The second-order valence-corrected chi connectivity index (χ2v) is 7.77. The number of urea groups is 1. The number of rotatable bonds is 5. The fraction of sp³-hybridized carbons (Fsp3) is 0.533. The highest BCUT2D eigenvalue weighted by Crippen LogP contribution is 2.22.